The van der Waals surface area contributed by atoms with Crippen LogP contribution in [0.2, 0.25) is 15.1 Å². The maximum Gasteiger partial charge on any atom is 0.277 e. The number of hydrogen-bond acceptors (Lipinski definition) is 5. The molecule has 118 valence electrons. The molecule has 2 aromatic rings. The molecule has 0 aliphatic rings. The van der Waals surface area contributed by atoms with Crippen molar-refractivity contribution in [3.05, 3.63) is 32.0 Å². The van der Waals surface area contributed by atoms with Crippen LogP contribution in [0.5, 0.6) is 0 Å². The van der Waals surface area contributed by atoms with E-state index < -0.39 is 5.91 Å². The van der Waals surface area contributed by atoms with Gasteiger partial charge >= 0.3 is 0 Å². The molecule has 0 saturated heterocycles. The molecule has 9 heteroatoms. The lowest BCUT2D eigenvalue weighted by atomic mass is 10.1. The van der Waals surface area contributed by atoms with Gasteiger partial charge in [0.15, 0.2) is 0 Å². The van der Waals surface area contributed by atoms with Gasteiger partial charge in [-0.25, -0.2) is 4.98 Å². The molecule has 2 rings (SSSR count). The van der Waals surface area contributed by atoms with Gasteiger partial charge in [-0.3, -0.25) is 10.1 Å². The summed E-state index contributed by atoms with van der Waals surface area (Å²) in [5, 5.41) is 12.3. The molecule has 0 spiro atoms. The van der Waals surface area contributed by atoms with Crippen molar-refractivity contribution in [1.29, 1.82) is 0 Å². The van der Waals surface area contributed by atoms with Crippen molar-refractivity contribution in [3.8, 4) is 0 Å². The average molecular weight is 380 g/mol. The molecule has 22 heavy (non-hydrogen) atoms. The van der Waals surface area contributed by atoms with E-state index in [0.29, 0.717) is 11.0 Å². The fraction of sp³-hybridized carbons (Fsp3) is 0.385. The first-order chi connectivity index (χ1) is 10.5. The zero-order chi connectivity index (χ0) is 16.3. The van der Waals surface area contributed by atoms with Crippen molar-refractivity contribution in [2.75, 3.05) is 5.32 Å². The standard InChI is InChI=1S/C13H13Cl3N4OS/c1-3-6(4-2)12-19-20-13(22-12)18-11(21)10-9(16)8(15)7(14)5-17-10/h5-6H,3-4H2,1-2H3,(H,18,20,21). The van der Waals surface area contributed by atoms with Gasteiger partial charge in [0.2, 0.25) is 5.13 Å². The number of amides is 1. The lowest BCUT2D eigenvalue weighted by Gasteiger charge is -2.06. The Bertz CT molecular complexity index is 688. The number of carbonyl (C=O) groups excluding carboxylic acids is 1. The van der Waals surface area contributed by atoms with Crippen LogP contribution in [0.15, 0.2) is 6.20 Å². The van der Waals surface area contributed by atoms with Crippen molar-refractivity contribution >= 4 is 57.2 Å². The van der Waals surface area contributed by atoms with Crippen LogP contribution in [0.4, 0.5) is 5.13 Å². The van der Waals surface area contributed by atoms with Gasteiger partial charge in [0.1, 0.15) is 10.7 Å². The number of anilines is 1. The second-order valence-electron chi connectivity index (χ2n) is 4.50. The highest BCUT2D eigenvalue weighted by Gasteiger charge is 2.19. The summed E-state index contributed by atoms with van der Waals surface area (Å²) in [4.78, 5) is 16.1. The molecular weight excluding hydrogens is 367 g/mol. The lowest BCUT2D eigenvalue weighted by molar-refractivity contribution is 0.102. The summed E-state index contributed by atoms with van der Waals surface area (Å²) in [5.74, 6) is -0.161. The summed E-state index contributed by atoms with van der Waals surface area (Å²) in [5.41, 5.74) is -0.00431. The van der Waals surface area contributed by atoms with Crippen molar-refractivity contribution in [2.24, 2.45) is 0 Å². The monoisotopic (exact) mass is 378 g/mol. The maximum absolute atomic E-state index is 12.2. The Balaban J connectivity index is 2.18. The fourth-order valence-corrected chi connectivity index (χ4v) is 3.42. The maximum atomic E-state index is 12.2. The molecular formula is C13H13Cl3N4OS. The van der Waals surface area contributed by atoms with E-state index in [2.05, 4.69) is 34.3 Å². The highest BCUT2D eigenvalue weighted by Crippen LogP contribution is 2.32. The van der Waals surface area contributed by atoms with Crippen LogP contribution in [0.1, 0.15) is 48.1 Å². The Morgan fingerprint density at radius 2 is 1.91 bits per heavy atom. The number of aromatic nitrogens is 3. The lowest BCUT2D eigenvalue weighted by Crippen LogP contribution is -2.14. The smallest absolute Gasteiger partial charge is 0.277 e. The van der Waals surface area contributed by atoms with Crippen LogP contribution in [0.3, 0.4) is 0 Å². The number of carbonyl (C=O) groups is 1. The summed E-state index contributed by atoms with van der Waals surface area (Å²) < 4.78 is 0. The zero-order valence-electron chi connectivity index (χ0n) is 11.9. The summed E-state index contributed by atoms with van der Waals surface area (Å²) in [7, 11) is 0. The molecule has 1 N–H and O–H groups in total. The highest BCUT2D eigenvalue weighted by atomic mass is 35.5. The molecule has 0 saturated carbocycles. The van der Waals surface area contributed by atoms with Crippen LogP contribution >= 0.6 is 46.1 Å². The first kappa shape index (κ1) is 17.4. The second-order valence-corrected chi connectivity index (χ2v) is 6.67. The van der Waals surface area contributed by atoms with Crippen LogP contribution in [-0.2, 0) is 0 Å². The molecule has 2 heterocycles. The minimum atomic E-state index is -0.504. The molecule has 0 radical (unpaired) electrons. The number of hydrogen-bond donors (Lipinski definition) is 1. The molecule has 2 aromatic heterocycles. The molecule has 1 amide bonds. The number of pyridine rings is 1. The largest absolute Gasteiger partial charge is 0.295 e. The Kier molecular flexibility index (Phi) is 5.97. The van der Waals surface area contributed by atoms with Gasteiger partial charge in [-0.2, -0.15) is 0 Å². The normalized spacial score (nSPS) is 11.0. The van der Waals surface area contributed by atoms with E-state index in [0.717, 1.165) is 17.8 Å². The van der Waals surface area contributed by atoms with Crippen molar-refractivity contribution in [3.63, 3.8) is 0 Å². The Morgan fingerprint density at radius 3 is 2.55 bits per heavy atom. The van der Waals surface area contributed by atoms with Gasteiger partial charge < -0.3 is 0 Å². The molecule has 0 atom stereocenters. The third kappa shape index (κ3) is 3.68. The quantitative estimate of drug-likeness (QED) is 0.789. The van der Waals surface area contributed by atoms with E-state index in [1.54, 1.807) is 0 Å². The summed E-state index contributed by atoms with van der Waals surface area (Å²) in [6.07, 6.45) is 3.22. The van der Waals surface area contributed by atoms with E-state index in [1.807, 2.05) is 0 Å². The minimum absolute atomic E-state index is 0.00431. The topological polar surface area (TPSA) is 67.8 Å². The second kappa shape index (κ2) is 7.55. The summed E-state index contributed by atoms with van der Waals surface area (Å²) >= 11 is 19.0. The number of halogens is 3. The Labute approximate surface area is 147 Å². The number of nitrogens with zero attached hydrogens (tertiary/aromatic N) is 3. The van der Waals surface area contributed by atoms with E-state index in [1.165, 1.54) is 17.5 Å². The molecule has 0 aromatic carbocycles. The van der Waals surface area contributed by atoms with Gasteiger partial charge in [-0.05, 0) is 12.8 Å². The van der Waals surface area contributed by atoms with Crippen LogP contribution < -0.4 is 5.32 Å². The van der Waals surface area contributed by atoms with E-state index >= 15 is 0 Å². The zero-order valence-corrected chi connectivity index (χ0v) is 14.9. The molecule has 0 aliphatic carbocycles. The van der Waals surface area contributed by atoms with Gasteiger partial charge in [0.25, 0.3) is 5.91 Å². The summed E-state index contributed by atoms with van der Waals surface area (Å²) in [6, 6.07) is 0. The van der Waals surface area contributed by atoms with Crippen molar-refractivity contribution in [2.45, 2.75) is 32.6 Å². The third-order valence-electron chi connectivity index (χ3n) is 3.13. The molecule has 0 bridgehead atoms. The molecule has 5 nitrogen and oxygen atoms in total. The third-order valence-corrected chi connectivity index (χ3v) is 5.37. The van der Waals surface area contributed by atoms with E-state index in [4.69, 9.17) is 34.8 Å². The Morgan fingerprint density at radius 1 is 1.23 bits per heavy atom. The van der Waals surface area contributed by atoms with E-state index in [-0.39, 0.29) is 20.8 Å². The molecule has 0 fully saturated rings. The predicted molar refractivity (Wildman–Crippen MR) is 90.5 cm³/mol. The predicted octanol–water partition coefficient (Wildman–Crippen LogP) is 5.05. The van der Waals surface area contributed by atoms with E-state index in [9.17, 15) is 4.79 Å². The van der Waals surface area contributed by atoms with Crippen LogP contribution in [0.25, 0.3) is 0 Å². The summed E-state index contributed by atoms with van der Waals surface area (Å²) in [6.45, 7) is 4.18. The van der Waals surface area contributed by atoms with Crippen LogP contribution in [-0.4, -0.2) is 21.1 Å². The van der Waals surface area contributed by atoms with Gasteiger partial charge in [-0.1, -0.05) is 60.0 Å². The van der Waals surface area contributed by atoms with Gasteiger partial charge in [0, 0.05) is 12.1 Å². The van der Waals surface area contributed by atoms with Crippen LogP contribution in [0, 0.1) is 0 Å². The first-order valence-electron chi connectivity index (χ1n) is 6.62. The van der Waals surface area contributed by atoms with Gasteiger partial charge in [-0.15, -0.1) is 10.2 Å². The molecule has 0 unspecified atom stereocenters. The van der Waals surface area contributed by atoms with Crippen molar-refractivity contribution < 1.29 is 4.79 Å². The number of nitrogens with one attached hydrogen (secondary N) is 1. The minimum Gasteiger partial charge on any atom is -0.295 e. The molecule has 0 aliphatic heterocycles. The highest BCUT2D eigenvalue weighted by molar-refractivity contribution is 7.15. The van der Waals surface area contributed by atoms with Crippen molar-refractivity contribution in [1.82, 2.24) is 15.2 Å². The van der Waals surface area contributed by atoms with Gasteiger partial charge in [0.05, 0.1) is 15.1 Å². The average Bonchev–Trinajstić information content (AvgIpc) is 2.94. The first-order valence-corrected chi connectivity index (χ1v) is 8.57. The fourth-order valence-electron chi connectivity index (χ4n) is 1.85. The number of rotatable bonds is 5. The Hall–Kier alpha value is -0.950. The SMILES string of the molecule is CCC(CC)c1nnc(NC(=O)c2ncc(Cl)c(Cl)c2Cl)s1.